The fourth-order valence-electron chi connectivity index (χ4n) is 2.10. The van der Waals surface area contributed by atoms with Gasteiger partial charge in [0.2, 0.25) is 5.88 Å². The number of alkyl halides is 3. The van der Waals surface area contributed by atoms with Crippen LogP contribution in [0.15, 0.2) is 18.3 Å². The number of amides is 1. The molecule has 0 bridgehead atoms. The number of aromatic nitrogens is 1. The van der Waals surface area contributed by atoms with E-state index in [0.29, 0.717) is 18.7 Å². The number of nitrogens with zero attached hydrogens (tertiary/aromatic N) is 2. The van der Waals surface area contributed by atoms with Gasteiger partial charge >= 0.3 is 6.18 Å². The molecule has 8 heteroatoms. The first-order valence-electron chi connectivity index (χ1n) is 6.84. The Bertz CT molecular complexity index is 519. The van der Waals surface area contributed by atoms with E-state index in [4.69, 9.17) is 4.74 Å². The smallest absolute Gasteiger partial charge is 0.422 e. The molecule has 1 aliphatic heterocycles. The van der Waals surface area contributed by atoms with Crippen molar-refractivity contribution in [3.05, 3.63) is 23.9 Å². The molecule has 0 radical (unpaired) electrons. The highest BCUT2D eigenvalue weighted by Crippen LogP contribution is 2.19. The van der Waals surface area contributed by atoms with E-state index in [0.717, 1.165) is 0 Å². The average Bonchev–Trinajstić information content (AvgIpc) is 2.47. The molecule has 1 aromatic rings. The van der Waals surface area contributed by atoms with Crippen LogP contribution < -0.4 is 4.74 Å². The quantitative estimate of drug-likeness (QED) is 0.858. The van der Waals surface area contributed by atoms with Crippen LogP contribution in [0.5, 0.6) is 5.88 Å². The highest BCUT2D eigenvalue weighted by molar-refractivity contribution is 5.94. The van der Waals surface area contributed by atoms with Gasteiger partial charge in [0.05, 0.1) is 24.3 Å². The molecule has 122 valence electrons. The summed E-state index contributed by atoms with van der Waals surface area (Å²) in [5.41, 5.74) is 0.306. The maximum Gasteiger partial charge on any atom is 0.422 e. The van der Waals surface area contributed by atoms with Crippen molar-refractivity contribution in [1.82, 2.24) is 9.88 Å². The standard InChI is InChI=1S/C14H17F3N2O3/c1-9-7-21-10(2)6-19(9)13(20)11-3-4-12(18-5-11)22-8-14(15,16)17/h3-5,9-10H,6-8H2,1-2H3/t9-,10+/m0/s1. The molecule has 0 unspecified atom stereocenters. The normalized spacial score (nSPS) is 22.5. The fourth-order valence-corrected chi connectivity index (χ4v) is 2.10. The minimum Gasteiger partial charge on any atom is -0.468 e. The Balaban J connectivity index is 2.01. The third kappa shape index (κ3) is 4.33. The Kier molecular flexibility index (Phi) is 4.90. The van der Waals surface area contributed by atoms with Gasteiger partial charge in [0.15, 0.2) is 6.61 Å². The molecule has 22 heavy (non-hydrogen) atoms. The number of hydrogen-bond acceptors (Lipinski definition) is 4. The van der Waals surface area contributed by atoms with E-state index >= 15 is 0 Å². The van der Waals surface area contributed by atoms with Crippen molar-refractivity contribution < 1.29 is 27.4 Å². The van der Waals surface area contributed by atoms with Gasteiger partial charge < -0.3 is 14.4 Å². The summed E-state index contributed by atoms with van der Waals surface area (Å²) < 4.78 is 46.1. The lowest BCUT2D eigenvalue weighted by Crippen LogP contribution is -2.50. The van der Waals surface area contributed by atoms with Gasteiger partial charge in [-0.05, 0) is 19.9 Å². The lowest BCUT2D eigenvalue weighted by Gasteiger charge is -2.36. The van der Waals surface area contributed by atoms with E-state index in [1.165, 1.54) is 18.3 Å². The largest absolute Gasteiger partial charge is 0.468 e. The second kappa shape index (κ2) is 6.51. The van der Waals surface area contributed by atoms with Crippen molar-refractivity contribution in [3.63, 3.8) is 0 Å². The van der Waals surface area contributed by atoms with E-state index < -0.39 is 12.8 Å². The number of hydrogen-bond donors (Lipinski definition) is 0. The Morgan fingerprint density at radius 1 is 1.45 bits per heavy atom. The van der Waals surface area contributed by atoms with Crippen molar-refractivity contribution in [2.45, 2.75) is 32.2 Å². The molecule has 2 atom stereocenters. The topological polar surface area (TPSA) is 51.7 Å². The Morgan fingerprint density at radius 2 is 2.18 bits per heavy atom. The molecule has 1 saturated heterocycles. The van der Waals surface area contributed by atoms with Crippen molar-refractivity contribution in [1.29, 1.82) is 0 Å². The molecule has 2 heterocycles. The summed E-state index contributed by atoms with van der Waals surface area (Å²) in [6, 6.07) is 2.60. The predicted molar refractivity (Wildman–Crippen MR) is 71.7 cm³/mol. The van der Waals surface area contributed by atoms with Gasteiger partial charge in [-0.25, -0.2) is 4.98 Å². The highest BCUT2D eigenvalue weighted by Gasteiger charge is 2.30. The number of morpholine rings is 1. The number of ether oxygens (including phenoxy) is 2. The van der Waals surface area contributed by atoms with Crippen LogP contribution in [-0.4, -0.2) is 53.9 Å². The Morgan fingerprint density at radius 3 is 2.77 bits per heavy atom. The Hall–Kier alpha value is -1.83. The third-order valence-electron chi connectivity index (χ3n) is 3.24. The average molecular weight is 318 g/mol. The molecule has 1 amide bonds. The van der Waals surface area contributed by atoms with E-state index in [1.807, 2.05) is 13.8 Å². The minimum absolute atomic E-state index is 0.0532. The number of carbonyl (C=O) groups is 1. The van der Waals surface area contributed by atoms with Crippen LogP contribution in [0.2, 0.25) is 0 Å². The van der Waals surface area contributed by atoms with Crippen LogP contribution in [-0.2, 0) is 4.74 Å². The lowest BCUT2D eigenvalue weighted by molar-refractivity contribution is -0.154. The highest BCUT2D eigenvalue weighted by atomic mass is 19.4. The molecule has 0 spiro atoms. The van der Waals surface area contributed by atoms with E-state index in [1.54, 1.807) is 4.90 Å². The summed E-state index contributed by atoms with van der Waals surface area (Å²) in [5.74, 6) is -0.394. The van der Waals surface area contributed by atoms with Crippen LogP contribution in [0, 0.1) is 0 Å². The van der Waals surface area contributed by atoms with E-state index in [9.17, 15) is 18.0 Å². The molecular weight excluding hydrogens is 301 g/mol. The van der Waals surface area contributed by atoms with Gasteiger partial charge in [-0.1, -0.05) is 0 Å². The SMILES string of the molecule is C[C@@H]1CN(C(=O)c2ccc(OCC(F)(F)F)nc2)[C@@H](C)CO1. The number of carbonyl (C=O) groups excluding carboxylic acids is 1. The number of pyridine rings is 1. The van der Waals surface area contributed by atoms with E-state index in [2.05, 4.69) is 9.72 Å². The van der Waals surface area contributed by atoms with Gasteiger partial charge in [-0.15, -0.1) is 0 Å². The summed E-state index contributed by atoms with van der Waals surface area (Å²) >= 11 is 0. The van der Waals surface area contributed by atoms with Crippen molar-refractivity contribution in [2.24, 2.45) is 0 Å². The zero-order chi connectivity index (χ0) is 16.3. The molecule has 1 aromatic heterocycles. The van der Waals surface area contributed by atoms with Gasteiger partial charge in [0, 0.05) is 18.8 Å². The monoisotopic (exact) mass is 318 g/mol. The third-order valence-corrected chi connectivity index (χ3v) is 3.24. The second-order valence-electron chi connectivity index (χ2n) is 5.24. The van der Waals surface area contributed by atoms with Crippen LogP contribution in [0.3, 0.4) is 0 Å². The molecule has 1 aliphatic rings. The van der Waals surface area contributed by atoms with Crippen LogP contribution in [0.1, 0.15) is 24.2 Å². The minimum atomic E-state index is -4.42. The zero-order valence-corrected chi connectivity index (χ0v) is 12.3. The molecule has 0 saturated carbocycles. The van der Waals surface area contributed by atoms with Crippen molar-refractivity contribution in [3.8, 4) is 5.88 Å². The van der Waals surface area contributed by atoms with Gasteiger partial charge in [-0.2, -0.15) is 13.2 Å². The molecule has 2 rings (SSSR count). The van der Waals surface area contributed by atoms with Gasteiger partial charge in [0.25, 0.3) is 5.91 Å². The first-order chi connectivity index (χ1) is 10.3. The Labute approximate surface area is 126 Å². The summed E-state index contributed by atoms with van der Waals surface area (Å²) in [7, 11) is 0. The first-order valence-corrected chi connectivity index (χ1v) is 6.84. The summed E-state index contributed by atoms with van der Waals surface area (Å²) in [6.07, 6.45) is -3.25. The van der Waals surface area contributed by atoms with E-state index in [-0.39, 0.29) is 23.9 Å². The molecule has 1 fully saturated rings. The summed E-state index contributed by atoms with van der Waals surface area (Å²) in [4.78, 5) is 17.8. The second-order valence-corrected chi connectivity index (χ2v) is 5.24. The molecular formula is C14H17F3N2O3. The van der Waals surface area contributed by atoms with Crippen LogP contribution in [0.25, 0.3) is 0 Å². The van der Waals surface area contributed by atoms with Crippen molar-refractivity contribution in [2.75, 3.05) is 19.8 Å². The van der Waals surface area contributed by atoms with Crippen LogP contribution >= 0.6 is 0 Å². The fraction of sp³-hybridized carbons (Fsp3) is 0.571. The van der Waals surface area contributed by atoms with Gasteiger partial charge in [-0.3, -0.25) is 4.79 Å². The molecule has 0 aromatic carbocycles. The van der Waals surface area contributed by atoms with Crippen molar-refractivity contribution >= 4 is 5.91 Å². The number of halogens is 3. The molecule has 0 N–H and O–H groups in total. The predicted octanol–water partition coefficient (Wildman–Crippen LogP) is 2.27. The van der Waals surface area contributed by atoms with Gasteiger partial charge in [0.1, 0.15) is 0 Å². The zero-order valence-electron chi connectivity index (χ0n) is 12.3. The lowest BCUT2D eigenvalue weighted by atomic mass is 10.1. The summed E-state index contributed by atoms with van der Waals surface area (Å²) in [6.45, 7) is 3.25. The maximum atomic E-state index is 12.4. The first kappa shape index (κ1) is 16.5. The molecule has 5 nitrogen and oxygen atoms in total. The van der Waals surface area contributed by atoms with Crippen LogP contribution in [0.4, 0.5) is 13.2 Å². The number of rotatable bonds is 3. The maximum absolute atomic E-state index is 12.4. The molecule has 0 aliphatic carbocycles. The summed E-state index contributed by atoms with van der Waals surface area (Å²) in [5, 5.41) is 0.